The standard InChI is InChI=1S/C17H23ClN2/c1-2-3-4-5-8-11-19-13-15-12-14-9-6-7-10-16(14)20-17(15)18/h6-7,9-10,12,19H,2-5,8,11,13H2,1H3. The van der Waals surface area contributed by atoms with Gasteiger partial charge >= 0.3 is 0 Å². The molecule has 0 aliphatic heterocycles. The minimum Gasteiger partial charge on any atom is -0.313 e. The van der Waals surface area contributed by atoms with E-state index in [4.69, 9.17) is 11.6 Å². The van der Waals surface area contributed by atoms with E-state index in [1.54, 1.807) is 0 Å². The Morgan fingerprint density at radius 1 is 1.10 bits per heavy atom. The number of unbranched alkanes of at least 4 members (excludes halogenated alkanes) is 4. The molecule has 1 aromatic heterocycles. The van der Waals surface area contributed by atoms with Crippen molar-refractivity contribution in [2.45, 2.75) is 45.6 Å². The van der Waals surface area contributed by atoms with E-state index in [0.717, 1.165) is 29.6 Å². The SMILES string of the molecule is CCCCCCCNCc1cc2ccccc2nc1Cl. The Labute approximate surface area is 126 Å². The molecular formula is C17H23ClN2. The topological polar surface area (TPSA) is 24.9 Å². The molecule has 0 atom stereocenters. The van der Waals surface area contributed by atoms with E-state index in [0.29, 0.717) is 5.15 Å². The molecule has 0 amide bonds. The normalized spacial score (nSPS) is 11.1. The van der Waals surface area contributed by atoms with Crippen LogP contribution in [0.5, 0.6) is 0 Å². The number of nitrogens with one attached hydrogen (secondary N) is 1. The summed E-state index contributed by atoms with van der Waals surface area (Å²) in [6.45, 7) is 4.09. The van der Waals surface area contributed by atoms with E-state index < -0.39 is 0 Å². The van der Waals surface area contributed by atoms with E-state index in [9.17, 15) is 0 Å². The minimum absolute atomic E-state index is 0.613. The van der Waals surface area contributed by atoms with Gasteiger partial charge < -0.3 is 5.32 Å². The van der Waals surface area contributed by atoms with Crippen molar-refractivity contribution >= 4 is 22.5 Å². The molecule has 108 valence electrons. The second kappa shape index (κ2) is 8.23. The maximum Gasteiger partial charge on any atom is 0.134 e. The summed E-state index contributed by atoms with van der Waals surface area (Å²) in [5, 5.41) is 5.22. The molecule has 0 unspecified atom stereocenters. The van der Waals surface area contributed by atoms with Gasteiger partial charge in [-0.05, 0) is 25.1 Å². The zero-order chi connectivity index (χ0) is 14.2. The van der Waals surface area contributed by atoms with Crippen LogP contribution >= 0.6 is 11.6 Å². The Morgan fingerprint density at radius 3 is 2.75 bits per heavy atom. The van der Waals surface area contributed by atoms with Gasteiger partial charge in [0.2, 0.25) is 0 Å². The average Bonchev–Trinajstić information content (AvgIpc) is 2.46. The molecule has 2 rings (SSSR count). The second-order valence-electron chi connectivity index (χ2n) is 5.22. The van der Waals surface area contributed by atoms with Crippen molar-refractivity contribution in [3.8, 4) is 0 Å². The maximum absolute atomic E-state index is 6.23. The van der Waals surface area contributed by atoms with Gasteiger partial charge in [-0.15, -0.1) is 0 Å². The molecular weight excluding hydrogens is 268 g/mol. The van der Waals surface area contributed by atoms with Gasteiger partial charge in [0.15, 0.2) is 0 Å². The minimum atomic E-state index is 0.613. The fourth-order valence-corrected chi connectivity index (χ4v) is 2.55. The predicted molar refractivity (Wildman–Crippen MR) is 87.2 cm³/mol. The number of nitrogens with zero attached hydrogens (tertiary/aromatic N) is 1. The van der Waals surface area contributed by atoms with Crippen LogP contribution in [0.3, 0.4) is 0 Å². The van der Waals surface area contributed by atoms with Gasteiger partial charge in [0.25, 0.3) is 0 Å². The summed E-state index contributed by atoms with van der Waals surface area (Å²) in [5.41, 5.74) is 2.04. The van der Waals surface area contributed by atoms with Crippen molar-refractivity contribution in [3.63, 3.8) is 0 Å². The van der Waals surface area contributed by atoms with Gasteiger partial charge in [-0.25, -0.2) is 4.98 Å². The van der Waals surface area contributed by atoms with Gasteiger partial charge in [-0.3, -0.25) is 0 Å². The molecule has 0 bridgehead atoms. The number of pyridine rings is 1. The molecule has 0 saturated carbocycles. The summed E-state index contributed by atoms with van der Waals surface area (Å²) in [7, 11) is 0. The Morgan fingerprint density at radius 2 is 1.90 bits per heavy atom. The highest BCUT2D eigenvalue weighted by Crippen LogP contribution is 2.20. The third kappa shape index (κ3) is 4.46. The van der Waals surface area contributed by atoms with Crippen molar-refractivity contribution < 1.29 is 0 Å². The maximum atomic E-state index is 6.23. The van der Waals surface area contributed by atoms with Crippen LogP contribution in [0.15, 0.2) is 30.3 Å². The third-order valence-corrected chi connectivity index (χ3v) is 3.85. The van der Waals surface area contributed by atoms with E-state index >= 15 is 0 Å². The summed E-state index contributed by atoms with van der Waals surface area (Å²) >= 11 is 6.23. The van der Waals surface area contributed by atoms with Crippen LogP contribution in [0.2, 0.25) is 5.15 Å². The highest BCUT2D eigenvalue weighted by atomic mass is 35.5. The van der Waals surface area contributed by atoms with Crippen LogP contribution in [0.4, 0.5) is 0 Å². The zero-order valence-corrected chi connectivity index (χ0v) is 12.9. The number of rotatable bonds is 8. The van der Waals surface area contributed by atoms with Crippen LogP contribution in [-0.2, 0) is 6.54 Å². The molecule has 0 radical (unpaired) electrons. The number of fused-ring (bicyclic) bond motifs is 1. The summed E-state index contributed by atoms with van der Waals surface area (Å²) < 4.78 is 0. The largest absolute Gasteiger partial charge is 0.313 e. The Kier molecular flexibility index (Phi) is 6.28. The quantitative estimate of drug-likeness (QED) is 0.550. The van der Waals surface area contributed by atoms with Gasteiger partial charge in [0.1, 0.15) is 5.15 Å². The number of hydrogen-bond acceptors (Lipinski definition) is 2. The monoisotopic (exact) mass is 290 g/mol. The van der Waals surface area contributed by atoms with Crippen LogP contribution in [-0.4, -0.2) is 11.5 Å². The van der Waals surface area contributed by atoms with Crippen LogP contribution in [0.25, 0.3) is 10.9 Å². The smallest absolute Gasteiger partial charge is 0.134 e. The van der Waals surface area contributed by atoms with E-state index in [1.807, 2.05) is 18.2 Å². The van der Waals surface area contributed by atoms with Crippen LogP contribution in [0, 0.1) is 0 Å². The summed E-state index contributed by atoms with van der Waals surface area (Å²) in [6.07, 6.45) is 6.53. The lowest BCUT2D eigenvalue weighted by molar-refractivity contribution is 0.583. The molecule has 0 aliphatic carbocycles. The summed E-state index contributed by atoms with van der Waals surface area (Å²) in [4.78, 5) is 4.44. The van der Waals surface area contributed by atoms with Gasteiger partial charge in [-0.2, -0.15) is 0 Å². The molecule has 0 saturated heterocycles. The van der Waals surface area contributed by atoms with E-state index in [2.05, 4.69) is 29.4 Å². The highest BCUT2D eigenvalue weighted by Gasteiger charge is 2.04. The molecule has 1 aromatic carbocycles. The van der Waals surface area contributed by atoms with Crippen molar-refractivity contribution in [1.82, 2.24) is 10.3 Å². The molecule has 1 N–H and O–H groups in total. The van der Waals surface area contributed by atoms with Gasteiger partial charge in [0.05, 0.1) is 5.52 Å². The number of aromatic nitrogens is 1. The number of halogens is 1. The number of hydrogen-bond donors (Lipinski definition) is 1. The first-order chi connectivity index (χ1) is 9.81. The van der Waals surface area contributed by atoms with Crippen molar-refractivity contribution in [2.75, 3.05) is 6.54 Å². The van der Waals surface area contributed by atoms with Crippen molar-refractivity contribution in [1.29, 1.82) is 0 Å². The molecule has 1 heterocycles. The second-order valence-corrected chi connectivity index (χ2v) is 5.58. The number of benzene rings is 1. The van der Waals surface area contributed by atoms with Gasteiger partial charge in [-0.1, -0.05) is 62.4 Å². The van der Waals surface area contributed by atoms with Crippen LogP contribution in [0.1, 0.15) is 44.6 Å². The first-order valence-electron chi connectivity index (χ1n) is 7.56. The lowest BCUT2D eigenvalue weighted by Gasteiger charge is -2.08. The average molecular weight is 291 g/mol. The molecule has 0 aliphatic rings. The summed E-state index contributed by atoms with van der Waals surface area (Å²) in [6, 6.07) is 10.2. The molecule has 20 heavy (non-hydrogen) atoms. The van der Waals surface area contributed by atoms with Crippen molar-refractivity contribution in [2.24, 2.45) is 0 Å². The number of para-hydroxylation sites is 1. The first kappa shape index (κ1) is 15.3. The molecule has 2 nitrogen and oxygen atoms in total. The third-order valence-electron chi connectivity index (χ3n) is 3.52. The van der Waals surface area contributed by atoms with Gasteiger partial charge in [0, 0.05) is 17.5 Å². The lowest BCUT2D eigenvalue weighted by atomic mass is 10.1. The Balaban J connectivity index is 1.82. The lowest BCUT2D eigenvalue weighted by Crippen LogP contribution is -2.15. The highest BCUT2D eigenvalue weighted by molar-refractivity contribution is 6.30. The Bertz CT molecular complexity index is 540. The fourth-order valence-electron chi connectivity index (χ4n) is 2.34. The van der Waals surface area contributed by atoms with E-state index in [-0.39, 0.29) is 0 Å². The fraction of sp³-hybridized carbons (Fsp3) is 0.471. The predicted octanol–water partition coefficient (Wildman–Crippen LogP) is 4.95. The molecule has 0 fully saturated rings. The van der Waals surface area contributed by atoms with E-state index in [1.165, 1.54) is 32.1 Å². The van der Waals surface area contributed by atoms with Crippen LogP contribution < -0.4 is 5.32 Å². The molecule has 3 heteroatoms. The molecule has 0 spiro atoms. The molecule has 2 aromatic rings. The Hall–Kier alpha value is -1.12. The van der Waals surface area contributed by atoms with Crippen molar-refractivity contribution in [3.05, 3.63) is 41.0 Å². The first-order valence-corrected chi connectivity index (χ1v) is 7.94. The zero-order valence-electron chi connectivity index (χ0n) is 12.2. The summed E-state index contributed by atoms with van der Waals surface area (Å²) in [5.74, 6) is 0.